The number of methoxy groups -OCH3 is 1. The van der Waals surface area contributed by atoms with Crippen LogP contribution < -0.4 is 10.1 Å². The number of carbonyl (C=O) groups is 1. The lowest BCUT2D eigenvalue weighted by atomic mass is 10.1. The standard InChI is InChI=1S/C19H23NO3/c1-15(21)12-18(14-23-13-16-6-4-3-5-7-16)20-17-8-10-19(22-2)11-9-17/h3-11,18,20H,12-14H2,1-2H3/t18-/m0/s1. The van der Waals surface area contributed by atoms with E-state index in [1.165, 1.54) is 0 Å². The molecule has 0 aromatic heterocycles. The van der Waals surface area contributed by atoms with Crippen molar-refractivity contribution < 1.29 is 14.3 Å². The summed E-state index contributed by atoms with van der Waals surface area (Å²) >= 11 is 0. The maximum absolute atomic E-state index is 11.5. The Bertz CT molecular complexity index is 596. The molecule has 2 aromatic rings. The van der Waals surface area contributed by atoms with Crippen LogP contribution in [0.1, 0.15) is 18.9 Å². The Morgan fingerprint density at radius 2 is 1.78 bits per heavy atom. The van der Waals surface area contributed by atoms with Crippen molar-refractivity contribution >= 4 is 11.5 Å². The van der Waals surface area contributed by atoms with Gasteiger partial charge in [0.25, 0.3) is 0 Å². The average Bonchev–Trinajstić information content (AvgIpc) is 2.56. The zero-order chi connectivity index (χ0) is 16.5. The van der Waals surface area contributed by atoms with E-state index in [-0.39, 0.29) is 11.8 Å². The molecule has 23 heavy (non-hydrogen) atoms. The quantitative estimate of drug-likeness (QED) is 0.767. The molecule has 0 aliphatic carbocycles. The summed E-state index contributed by atoms with van der Waals surface area (Å²) in [5, 5.41) is 3.35. The highest BCUT2D eigenvalue weighted by Crippen LogP contribution is 2.17. The van der Waals surface area contributed by atoms with Crippen molar-refractivity contribution in [3.63, 3.8) is 0 Å². The van der Waals surface area contributed by atoms with Crippen molar-refractivity contribution in [1.82, 2.24) is 0 Å². The van der Waals surface area contributed by atoms with Crippen molar-refractivity contribution in [3.8, 4) is 5.75 Å². The molecular formula is C19H23NO3. The summed E-state index contributed by atoms with van der Waals surface area (Å²) in [7, 11) is 1.64. The van der Waals surface area contributed by atoms with Crippen LogP contribution in [0.5, 0.6) is 5.75 Å². The number of ketones is 1. The second kappa shape index (κ2) is 8.96. The van der Waals surface area contributed by atoms with Gasteiger partial charge in [0.15, 0.2) is 0 Å². The smallest absolute Gasteiger partial charge is 0.131 e. The van der Waals surface area contributed by atoms with Gasteiger partial charge in [-0.2, -0.15) is 0 Å². The highest BCUT2D eigenvalue weighted by molar-refractivity contribution is 5.76. The van der Waals surface area contributed by atoms with Crippen molar-refractivity contribution in [2.45, 2.75) is 26.0 Å². The summed E-state index contributed by atoms with van der Waals surface area (Å²) in [5.41, 5.74) is 2.07. The molecule has 0 amide bonds. The number of Topliss-reactive ketones (excluding diaryl/α,β-unsaturated/α-hetero) is 1. The molecule has 0 aliphatic heterocycles. The summed E-state index contributed by atoms with van der Waals surface area (Å²) in [5.74, 6) is 0.943. The van der Waals surface area contributed by atoms with E-state index >= 15 is 0 Å². The molecule has 4 nitrogen and oxygen atoms in total. The lowest BCUT2D eigenvalue weighted by Gasteiger charge is -2.19. The molecule has 0 bridgehead atoms. The van der Waals surface area contributed by atoms with Gasteiger partial charge in [-0.1, -0.05) is 30.3 Å². The van der Waals surface area contributed by atoms with Crippen LogP contribution in [0.15, 0.2) is 54.6 Å². The second-order valence-corrected chi connectivity index (χ2v) is 5.48. The van der Waals surface area contributed by atoms with E-state index in [0.717, 1.165) is 17.0 Å². The highest BCUT2D eigenvalue weighted by atomic mass is 16.5. The summed E-state index contributed by atoms with van der Waals surface area (Å²) in [6, 6.07) is 17.6. The fourth-order valence-corrected chi connectivity index (χ4v) is 2.31. The monoisotopic (exact) mass is 313 g/mol. The van der Waals surface area contributed by atoms with Gasteiger partial charge in [0.1, 0.15) is 11.5 Å². The predicted octanol–water partition coefficient (Wildman–Crippen LogP) is 3.67. The van der Waals surface area contributed by atoms with Gasteiger partial charge in [-0.05, 0) is 36.8 Å². The number of anilines is 1. The molecule has 4 heteroatoms. The fourth-order valence-electron chi connectivity index (χ4n) is 2.31. The number of benzene rings is 2. The van der Waals surface area contributed by atoms with Gasteiger partial charge in [-0.15, -0.1) is 0 Å². The van der Waals surface area contributed by atoms with E-state index in [2.05, 4.69) is 5.32 Å². The predicted molar refractivity (Wildman–Crippen MR) is 91.8 cm³/mol. The molecule has 0 radical (unpaired) electrons. The van der Waals surface area contributed by atoms with Crippen molar-refractivity contribution in [2.24, 2.45) is 0 Å². The molecule has 0 saturated carbocycles. The van der Waals surface area contributed by atoms with Crippen LogP contribution in [-0.2, 0) is 16.1 Å². The van der Waals surface area contributed by atoms with Gasteiger partial charge in [0.2, 0.25) is 0 Å². The Kier molecular flexibility index (Phi) is 6.63. The SMILES string of the molecule is COc1ccc(N[C@H](COCc2ccccc2)CC(C)=O)cc1. The van der Waals surface area contributed by atoms with E-state index < -0.39 is 0 Å². The van der Waals surface area contributed by atoms with Crippen LogP contribution >= 0.6 is 0 Å². The largest absolute Gasteiger partial charge is 0.497 e. The van der Waals surface area contributed by atoms with Gasteiger partial charge in [0, 0.05) is 12.1 Å². The first-order chi connectivity index (χ1) is 11.2. The third-order valence-electron chi connectivity index (χ3n) is 3.43. The van der Waals surface area contributed by atoms with Crippen LogP contribution in [0, 0.1) is 0 Å². The van der Waals surface area contributed by atoms with Crippen LogP contribution in [0.2, 0.25) is 0 Å². The van der Waals surface area contributed by atoms with E-state index in [1.807, 2.05) is 54.6 Å². The van der Waals surface area contributed by atoms with Crippen molar-refractivity contribution in [2.75, 3.05) is 19.0 Å². The molecule has 0 unspecified atom stereocenters. The van der Waals surface area contributed by atoms with Crippen LogP contribution in [0.4, 0.5) is 5.69 Å². The number of nitrogens with one attached hydrogen (secondary N) is 1. The molecule has 2 aromatic carbocycles. The fraction of sp³-hybridized carbons (Fsp3) is 0.316. The lowest BCUT2D eigenvalue weighted by Crippen LogP contribution is -2.27. The van der Waals surface area contributed by atoms with Crippen LogP contribution in [-0.4, -0.2) is 25.5 Å². The molecule has 0 spiro atoms. The normalized spacial score (nSPS) is 11.7. The molecule has 1 N–H and O–H groups in total. The molecule has 122 valence electrons. The number of carbonyl (C=O) groups excluding carboxylic acids is 1. The second-order valence-electron chi connectivity index (χ2n) is 5.48. The molecule has 2 rings (SSSR count). The van der Waals surface area contributed by atoms with Gasteiger partial charge in [-0.25, -0.2) is 0 Å². The molecule has 0 heterocycles. The van der Waals surface area contributed by atoms with Crippen LogP contribution in [0.3, 0.4) is 0 Å². The summed E-state index contributed by atoms with van der Waals surface area (Å²) in [4.78, 5) is 11.5. The number of hydrogen-bond acceptors (Lipinski definition) is 4. The Morgan fingerprint density at radius 3 is 2.39 bits per heavy atom. The zero-order valence-corrected chi connectivity index (χ0v) is 13.6. The Hall–Kier alpha value is -2.33. The van der Waals surface area contributed by atoms with Crippen molar-refractivity contribution in [1.29, 1.82) is 0 Å². The van der Waals surface area contributed by atoms with Crippen LogP contribution in [0.25, 0.3) is 0 Å². The first kappa shape index (κ1) is 17.0. The summed E-state index contributed by atoms with van der Waals surface area (Å²) < 4.78 is 10.9. The van der Waals surface area contributed by atoms with E-state index in [4.69, 9.17) is 9.47 Å². The minimum atomic E-state index is -0.0513. The Morgan fingerprint density at radius 1 is 1.09 bits per heavy atom. The maximum atomic E-state index is 11.5. The average molecular weight is 313 g/mol. The molecule has 0 aliphatic rings. The van der Waals surface area contributed by atoms with Gasteiger partial charge in [0.05, 0.1) is 26.4 Å². The topological polar surface area (TPSA) is 47.6 Å². The first-order valence-electron chi connectivity index (χ1n) is 7.69. The maximum Gasteiger partial charge on any atom is 0.131 e. The van der Waals surface area contributed by atoms with Gasteiger partial charge >= 0.3 is 0 Å². The summed E-state index contributed by atoms with van der Waals surface area (Å²) in [6.07, 6.45) is 0.431. The lowest BCUT2D eigenvalue weighted by molar-refractivity contribution is -0.117. The van der Waals surface area contributed by atoms with E-state index in [0.29, 0.717) is 19.6 Å². The third kappa shape index (κ3) is 6.12. The molecular weight excluding hydrogens is 290 g/mol. The zero-order valence-electron chi connectivity index (χ0n) is 13.6. The van der Waals surface area contributed by atoms with E-state index in [1.54, 1.807) is 14.0 Å². The van der Waals surface area contributed by atoms with E-state index in [9.17, 15) is 4.79 Å². The Balaban J connectivity index is 1.89. The number of ether oxygens (including phenoxy) is 2. The number of hydrogen-bond donors (Lipinski definition) is 1. The Labute approximate surface area is 137 Å². The van der Waals surface area contributed by atoms with Gasteiger partial charge < -0.3 is 14.8 Å². The molecule has 0 fully saturated rings. The highest BCUT2D eigenvalue weighted by Gasteiger charge is 2.12. The first-order valence-corrected chi connectivity index (χ1v) is 7.69. The summed E-state index contributed by atoms with van der Waals surface area (Å²) in [6.45, 7) is 2.61. The minimum Gasteiger partial charge on any atom is -0.497 e. The molecule has 1 atom stereocenters. The third-order valence-corrected chi connectivity index (χ3v) is 3.43. The molecule has 0 saturated heterocycles. The minimum absolute atomic E-state index is 0.0513. The number of rotatable bonds is 9. The van der Waals surface area contributed by atoms with Gasteiger partial charge in [-0.3, -0.25) is 4.79 Å². The van der Waals surface area contributed by atoms with Crippen molar-refractivity contribution in [3.05, 3.63) is 60.2 Å².